The van der Waals surface area contributed by atoms with E-state index in [1.807, 2.05) is 43.5 Å². The minimum Gasteiger partial charge on any atom is -0.481 e. The van der Waals surface area contributed by atoms with Crippen LogP contribution in [0.15, 0.2) is 35.8 Å². The zero-order valence-corrected chi connectivity index (χ0v) is 12.4. The van der Waals surface area contributed by atoms with Gasteiger partial charge in [-0.05, 0) is 25.5 Å². The predicted molar refractivity (Wildman–Crippen MR) is 79.8 cm³/mol. The normalized spacial score (nSPS) is 11.9. The second-order valence-electron chi connectivity index (χ2n) is 4.47. The fourth-order valence-electron chi connectivity index (χ4n) is 1.72. The van der Waals surface area contributed by atoms with Crippen molar-refractivity contribution in [3.8, 4) is 5.75 Å². The first-order chi connectivity index (χ1) is 9.69. The average Bonchev–Trinajstić information content (AvgIpc) is 2.97. The number of thiazole rings is 1. The molecule has 0 aliphatic heterocycles. The van der Waals surface area contributed by atoms with Crippen molar-refractivity contribution < 1.29 is 9.53 Å². The van der Waals surface area contributed by atoms with E-state index in [9.17, 15) is 4.79 Å². The van der Waals surface area contributed by atoms with Gasteiger partial charge in [-0.25, -0.2) is 4.98 Å². The van der Waals surface area contributed by atoms with E-state index >= 15 is 0 Å². The molecule has 0 fully saturated rings. The van der Waals surface area contributed by atoms with Crippen molar-refractivity contribution in [3.63, 3.8) is 0 Å². The molecule has 1 N–H and O–H groups in total. The summed E-state index contributed by atoms with van der Waals surface area (Å²) in [5.74, 6) is 0.607. The third-order valence-electron chi connectivity index (χ3n) is 2.86. The van der Waals surface area contributed by atoms with Crippen LogP contribution in [0.5, 0.6) is 5.75 Å². The van der Waals surface area contributed by atoms with Crippen LogP contribution in [-0.4, -0.2) is 17.0 Å². The van der Waals surface area contributed by atoms with Gasteiger partial charge in [0.15, 0.2) is 6.10 Å². The first-order valence-corrected chi connectivity index (χ1v) is 7.46. The number of hydrogen-bond donors (Lipinski definition) is 1. The molecule has 5 heteroatoms. The van der Waals surface area contributed by atoms with E-state index in [1.165, 1.54) is 16.9 Å². The number of hydrogen-bond acceptors (Lipinski definition) is 4. The van der Waals surface area contributed by atoms with Crippen LogP contribution in [0.1, 0.15) is 23.9 Å². The minimum atomic E-state index is -0.474. The molecule has 20 heavy (non-hydrogen) atoms. The van der Waals surface area contributed by atoms with E-state index in [2.05, 4.69) is 10.3 Å². The molecule has 1 aromatic carbocycles. The van der Waals surface area contributed by atoms with Crippen LogP contribution in [0.2, 0.25) is 0 Å². The average molecular weight is 290 g/mol. The van der Waals surface area contributed by atoms with E-state index in [-0.39, 0.29) is 5.91 Å². The van der Waals surface area contributed by atoms with Gasteiger partial charge in [0.1, 0.15) is 10.8 Å². The number of nitrogens with zero attached hydrogens (tertiary/aromatic N) is 1. The Morgan fingerprint density at radius 3 is 2.75 bits per heavy atom. The monoisotopic (exact) mass is 290 g/mol. The highest BCUT2D eigenvalue weighted by Crippen LogP contribution is 2.15. The summed E-state index contributed by atoms with van der Waals surface area (Å²) in [6.45, 7) is 4.40. The number of amides is 1. The van der Waals surface area contributed by atoms with Crippen LogP contribution < -0.4 is 10.1 Å². The molecular weight excluding hydrogens is 272 g/mol. The van der Waals surface area contributed by atoms with Gasteiger partial charge in [-0.15, -0.1) is 11.3 Å². The molecule has 1 amide bonds. The summed E-state index contributed by atoms with van der Waals surface area (Å²) in [5, 5.41) is 5.63. The molecule has 1 atom stereocenters. The predicted octanol–water partition coefficient (Wildman–Crippen LogP) is 2.93. The Bertz CT molecular complexity index is 538. The first kappa shape index (κ1) is 14.5. The third kappa shape index (κ3) is 4.06. The van der Waals surface area contributed by atoms with Crippen LogP contribution in [0, 0.1) is 6.92 Å². The maximum Gasteiger partial charge on any atom is 0.261 e. The van der Waals surface area contributed by atoms with Gasteiger partial charge in [-0.2, -0.15) is 0 Å². The van der Waals surface area contributed by atoms with Gasteiger partial charge in [0, 0.05) is 11.6 Å². The summed E-state index contributed by atoms with van der Waals surface area (Å²) in [7, 11) is 0. The molecule has 1 heterocycles. The van der Waals surface area contributed by atoms with Crippen molar-refractivity contribution in [1.82, 2.24) is 10.3 Å². The Labute approximate surface area is 122 Å². The topological polar surface area (TPSA) is 51.2 Å². The Balaban J connectivity index is 1.90. The maximum absolute atomic E-state index is 12.1. The molecule has 1 unspecified atom stereocenters. The number of aryl methyl sites for hydroxylation is 1. The molecule has 0 aliphatic rings. The fourth-order valence-corrected chi connectivity index (χ4v) is 2.28. The highest BCUT2D eigenvalue weighted by Gasteiger charge is 2.18. The lowest BCUT2D eigenvalue weighted by Gasteiger charge is -2.17. The Hall–Kier alpha value is -1.88. The third-order valence-corrected chi connectivity index (χ3v) is 3.64. The van der Waals surface area contributed by atoms with E-state index in [4.69, 9.17) is 4.74 Å². The summed E-state index contributed by atoms with van der Waals surface area (Å²) in [6.07, 6.45) is 1.88. The molecule has 0 bridgehead atoms. The highest BCUT2D eigenvalue weighted by molar-refractivity contribution is 7.09. The smallest absolute Gasteiger partial charge is 0.261 e. The van der Waals surface area contributed by atoms with E-state index in [1.54, 1.807) is 6.20 Å². The number of carbonyl (C=O) groups excluding carboxylic acids is 1. The van der Waals surface area contributed by atoms with Crippen molar-refractivity contribution in [3.05, 3.63) is 46.4 Å². The highest BCUT2D eigenvalue weighted by atomic mass is 32.1. The molecular formula is C15H18N2O2S. The molecule has 0 saturated heterocycles. The Morgan fingerprint density at radius 1 is 1.40 bits per heavy atom. The second-order valence-corrected chi connectivity index (χ2v) is 5.45. The van der Waals surface area contributed by atoms with Crippen LogP contribution in [0.25, 0.3) is 0 Å². The van der Waals surface area contributed by atoms with Crippen LogP contribution in [-0.2, 0) is 11.3 Å². The van der Waals surface area contributed by atoms with Crippen LogP contribution in [0.3, 0.4) is 0 Å². The van der Waals surface area contributed by atoms with E-state index < -0.39 is 6.10 Å². The van der Waals surface area contributed by atoms with Gasteiger partial charge < -0.3 is 10.1 Å². The molecule has 0 radical (unpaired) electrons. The van der Waals surface area contributed by atoms with E-state index in [0.717, 1.165) is 5.01 Å². The van der Waals surface area contributed by atoms with Gasteiger partial charge in [-0.1, -0.05) is 24.6 Å². The van der Waals surface area contributed by atoms with Crippen molar-refractivity contribution in [2.24, 2.45) is 0 Å². The molecule has 0 spiro atoms. The first-order valence-electron chi connectivity index (χ1n) is 6.58. The van der Waals surface area contributed by atoms with Crippen molar-refractivity contribution in [2.75, 3.05) is 0 Å². The summed E-state index contributed by atoms with van der Waals surface area (Å²) in [4.78, 5) is 16.2. The fraction of sp³-hybridized carbons (Fsp3) is 0.333. The number of nitrogens with one attached hydrogen (secondary N) is 1. The number of carbonyl (C=O) groups is 1. The molecule has 0 aliphatic carbocycles. The Kier molecular flexibility index (Phi) is 5.12. The maximum atomic E-state index is 12.1. The number of rotatable bonds is 6. The quantitative estimate of drug-likeness (QED) is 0.890. The zero-order chi connectivity index (χ0) is 14.4. The van der Waals surface area contributed by atoms with Crippen molar-refractivity contribution in [1.29, 1.82) is 0 Å². The number of aromatic nitrogens is 1. The van der Waals surface area contributed by atoms with Gasteiger partial charge in [-0.3, -0.25) is 4.79 Å². The summed E-state index contributed by atoms with van der Waals surface area (Å²) >= 11 is 1.52. The molecule has 2 aromatic rings. The van der Waals surface area contributed by atoms with Gasteiger partial charge in [0.2, 0.25) is 0 Å². The van der Waals surface area contributed by atoms with Gasteiger partial charge in [0.05, 0.1) is 6.54 Å². The molecule has 0 saturated carbocycles. The minimum absolute atomic E-state index is 0.108. The lowest BCUT2D eigenvalue weighted by molar-refractivity contribution is -0.128. The summed E-state index contributed by atoms with van der Waals surface area (Å²) in [6, 6.07) is 7.70. The summed E-state index contributed by atoms with van der Waals surface area (Å²) in [5.41, 5.74) is 1.17. The van der Waals surface area contributed by atoms with Crippen LogP contribution in [0.4, 0.5) is 0 Å². The largest absolute Gasteiger partial charge is 0.481 e. The second kappa shape index (κ2) is 7.05. The van der Waals surface area contributed by atoms with Crippen molar-refractivity contribution in [2.45, 2.75) is 32.9 Å². The zero-order valence-electron chi connectivity index (χ0n) is 11.6. The lowest BCUT2D eigenvalue weighted by atomic mass is 10.2. The number of ether oxygens (including phenoxy) is 1. The Morgan fingerprint density at radius 2 is 2.15 bits per heavy atom. The van der Waals surface area contributed by atoms with Gasteiger partial charge >= 0.3 is 0 Å². The standard InChI is InChI=1S/C15H18N2O2S/c1-3-13(19-12-6-4-11(2)5-7-12)15(18)17-10-14-16-8-9-20-14/h4-9,13H,3,10H2,1-2H3,(H,17,18). The van der Waals surface area contributed by atoms with Crippen molar-refractivity contribution >= 4 is 17.2 Å². The van der Waals surface area contributed by atoms with Gasteiger partial charge in [0.25, 0.3) is 5.91 Å². The SMILES string of the molecule is CCC(Oc1ccc(C)cc1)C(=O)NCc1nccs1. The van der Waals surface area contributed by atoms with Crippen LogP contribution >= 0.6 is 11.3 Å². The number of benzene rings is 1. The molecule has 1 aromatic heterocycles. The summed E-state index contributed by atoms with van der Waals surface area (Å²) < 4.78 is 5.72. The lowest BCUT2D eigenvalue weighted by Crippen LogP contribution is -2.37. The molecule has 106 valence electrons. The molecule has 4 nitrogen and oxygen atoms in total. The molecule has 2 rings (SSSR count). The van der Waals surface area contributed by atoms with E-state index in [0.29, 0.717) is 18.7 Å².